The highest BCUT2D eigenvalue weighted by atomic mass is 16.2. The molecule has 0 aliphatic rings. The third-order valence-corrected chi connectivity index (χ3v) is 1.73. The Morgan fingerprint density at radius 3 is 3.07 bits per heavy atom. The van der Waals surface area contributed by atoms with Crippen LogP contribution in [0.1, 0.15) is 0 Å². The van der Waals surface area contributed by atoms with E-state index in [0.717, 1.165) is 0 Å². The van der Waals surface area contributed by atoms with Gasteiger partial charge in [0.15, 0.2) is 5.82 Å². The Morgan fingerprint density at radius 2 is 2.47 bits per heavy atom. The molecule has 2 rings (SSSR count). The number of hydrogen-bond donors (Lipinski definition) is 1. The molecule has 7 heteroatoms. The Morgan fingerprint density at radius 1 is 1.60 bits per heavy atom. The lowest BCUT2D eigenvalue weighted by atomic mass is 10.5. The van der Waals surface area contributed by atoms with Crippen molar-refractivity contribution in [3.63, 3.8) is 0 Å². The number of amides is 1. The summed E-state index contributed by atoms with van der Waals surface area (Å²) in [6.45, 7) is 0.170. The van der Waals surface area contributed by atoms with Gasteiger partial charge < -0.3 is 5.32 Å². The van der Waals surface area contributed by atoms with Crippen LogP contribution in [-0.2, 0) is 18.4 Å². The van der Waals surface area contributed by atoms with Gasteiger partial charge >= 0.3 is 0 Å². The van der Waals surface area contributed by atoms with Gasteiger partial charge in [-0.3, -0.25) is 14.2 Å². The van der Waals surface area contributed by atoms with E-state index in [4.69, 9.17) is 0 Å². The Hall–Kier alpha value is -2.18. The molecule has 0 atom stereocenters. The third-order valence-electron chi connectivity index (χ3n) is 1.73. The topological polar surface area (TPSA) is 77.6 Å². The summed E-state index contributed by atoms with van der Waals surface area (Å²) in [5.74, 6) is 0.258. The first-order valence-corrected chi connectivity index (χ1v) is 4.37. The van der Waals surface area contributed by atoms with E-state index in [2.05, 4.69) is 20.7 Å². The molecular formula is C8H10N6O. The summed E-state index contributed by atoms with van der Waals surface area (Å²) in [4.78, 5) is 11.4. The van der Waals surface area contributed by atoms with Gasteiger partial charge in [0, 0.05) is 19.4 Å². The number of nitrogens with one attached hydrogen (secondary N) is 1. The van der Waals surface area contributed by atoms with Crippen LogP contribution in [0.25, 0.3) is 0 Å². The molecule has 0 aliphatic carbocycles. The molecule has 1 N–H and O–H groups in total. The molecular weight excluding hydrogens is 196 g/mol. The van der Waals surface area contributed by atoms with Gasteiger partial charge in [0.05, 0.1) is 6.20 Å². The van der Waals surface area contributed by atoms with Crippen LogP contribution in [0.5, 0.6) is 0 Å². The van der Waals surface area contributed by atoms with Crippen molar-refractivity contribution in [2.45, 2.75) is 6.54 Å². The van der Waals surface area contributed by atoms with E-state index in [1.165, 1.54) is 9.36 Å². The molecule has 0 saturated heterocycles. The first kappa shape index (κ1) is 9.38. The van der Waals surface area contributed by atoms with Crippen LogP contribution in [-0.4, -0.2) is 30.7 Å². The molecule has 2 aromatic rings. The van der Waals surface area contributed by atoms with Gasteiger partial charge in [-0.2, -0.15) is 5.10 Å². The van der Waals surface area contributed by atoms with E-state index in [1.54, 1.807) is 31.7 Å². The lowest BCUT2D eigenvalue weighted by Crippen LogP contribution is -2.19. The van der Waals surface area contributed by atoms with Gasteiger partial charge in [-0.15, -0.1) is 5.10 Å². The van der Waals surface area contributed by atoms with Crippen molar-refractivity contribution in [3.8, 4) is 0 Å². The van der Waals surface area contributed by atoms with Crippen LogP contribution in [0.2, 0.25) is 0 Å². The maximum absolute atomic E-state index is 11.4. The number of carbonyl (C=O) groups excluding carboxylic acids is 1. The number of rotatable bonds is 3. The molecule has 78 valence electrons. The smallest absolute Gasteiger partial charge is 0.247 e. The van der Waals surface area contributed by atoms with E-state index in [-0.39, 0.29) is 12.5 Å². The van der Waals surface area contributed by atoms with Gasteiger partial charge in [-0.05, 0) is 6.07 Å². The predicted molar refractivity (Wildman–Crippen MR) is 51.9 cm³/mol. The number of aryl methyl sites for hydroxylation is 1. The van der Waals surface area contributed by atoms with Crippen molar-refractivity contribution >= 4 is 11.7 Å². The fourth-order valence-corrected chi connectivity index (χ4v) is 1.13. The van der Waals surface area contributed by atoms with Crippen molar-refractivity contribution < 1.29 is 4.79 Å². The Bertz CT molecular complexity index is 445. The van der Waals surface area contributed by atoms with Gasteiger partial charge in [0.25, 0.3) is 0 Å². The second kappa shape index (κ2) is 3.91. The zero-order chi connectivity index (χ0) is 10.7. The molecule has 0 fully saturated rings. The number of anilines is 1. The molecule has 0 aliphatic heterocycles. The molecule has 1 amide bonds. The summed E-state index contributed by atoms with van der Waals surface area (Å²) in [7, 11) is 1.73. The highest BCUT2D eigenvalue weighted by Gasteiger charge is 2.05. The van der Waals surface area contributed by atoms with E-state index < -0.39 is 0 Å². The van der Waals surface area contributed by atoms with Gasteiger partial charge in [0.2, 0.25) is 5.91 Å². The minimum Gasteiger partial charge on any atom is -0.306 e. The van der Waals surface area contributed by atoms with Crippen LogP contribution in [0.15, 0.2) is 24.7 Å². The minimum atomic E-state index is -0.181. The lowest BCUT2D eigenvalue weighted by Gasteiger charge is -2.00. The van der Waals surface area contributed by atoms with Gasteiger partial charge in [-0.1, -0.05) is 5.21 Å². The SMILES string of the molecule is Cn1cc(NC(=O)Cn2cccn2)nn1. The van der Waals surface area contributed by atoms with E-state index in [9.17, 15) is 4.79 Å². The monoisotopic (exact) mass is 206 g/mol. The summed E-state index contributed by atoms with van der Waals surface area (Å²) in [5.41, 5.74) is 0. The number of hydrogen-bond acceptors (Lipinski definition) is 4. The summed E-state index contributed by atoms with van der Waals surface area (Å²) in [6.07, 6.45) is 4.97. The molecule has 0 saturated carbocycles. The zero-order valence-corrected chi connectivity index (χ0v) is 8.16. The largest absolute Gasteiger partial charge is 0.306 e. The molecule has 0 spiro atoms. The average molecular weight is 206 g/mol. The van der Waals surface area contributed by atoms with Crippen LogP contribution in [0, 0.1) is 0 Å². The van der Waals surface area contributed by atoms with Crippen LogP contribution in [0.3, 0.4) is 0 Å². The number of carbonyl (C=O) groups is 1. The summed E-state index contributed by atoms with van der Waals surface area (Å²) in [6, 6.07) is 1.76. The summed E-state index contributed by atoms with van der Waals surface area (Å²) >= 11 is 0. The number of aromatic nitrogens is 5. The molecule has 2 aromatic heterocycles. The van der Waals surface area contributed by atoms with Crippen LogP contribution < -0.4 is 5.32 Å². The average Bonchev–Trinajstić information content (AvgIpc) is 2.77. The van der Waals surface area contributed by atoms with Crippen molar-refractivity contribution in [1.82, 2.24) is 24.8 Å². The minimum absolute atomic E-state index is 0.170. The normalized spacial score (nSPS) is 10.2. The van der Waals surface area contributed by atoms with E-state index in [0.29, 0.717) is 5.82 Å². The highest BCUT2D eigenvalue weighted by molar-refractivity contribution is 5.89. The highest BCUT2D eigenvalue weighted by Crippen LogP contribution is 1.98. The Balaban J connectivity index is 1.93. The second-order valence-corrected chi connectivity index (χ2v) is 3.03. The fraction of sp³-hybridized carbons (Fsp3) is 0.250. The van der Waals surface area contributed by atoms with Gasteiger partial charge in [-0.25, -0.2) is 0 Å². The van der Waals surface area contributed by atoms with Crippen molar-refractivity contribution in [3.05, 3.63) is 24.7 Å². The fourth-order valence-electron chi connectivity index (χ4n) is 1.13. The maximum Gasteiger partial charge on any atom is 0.247 e. The predicted octanol–water partition coefficient (Wildman–Crippen LogP) is -0.350. The van der Waals surface area contributed by atoms with Gasteiger partial charge in [0.1, 0.15) is 6.54 Å². The Labute approximate surface area is 85.7 Å². The van der Waals surface area contributed by atoms with Crippen molar-refractivity contribution in [2.75, 3.05) is 5.32 Å². The molecule has 2 heterocycles. The molecule has 7 nitrogen and oxygen atoms in total. The quantitative estimate of drug-likeness (QED) is 0.744. The molecule has 0 bridgehead atoms. The first-order valence-electron chi connectivity index (χ1n) is 4.37. The van der Waals surface area contributed by atoms with Crippen LogP contribution in [0.4, 0.5) is 5.82 Å². The molecule has 0 aromatic carbocycles. The van der Waals surface area contributed by atoms with Crippen molar-refractivity contribution in [1.29, 1.82) is 0 Å². The Kier molecular flexibility index (Phi) is 2.44. The van der Waals surface area contributed by atoms with Crippen LogP contribution >= 0.6 is 0 Å². The second-order valence-electron chi connectivity index (χ2n) is 3.03. The van der Waals surface area contributed by atoms with E-state index in [1.807, 2.05) is 0 Å². The molecule has 0 radical (unpaired) electrons. The first-order chi connectivity index (χ1) is 7.24. The standard InChI is InChI=1S/C8H10N6O/c1-13-5-7(11-12-13)10-8(15)6-14-4-2-3-9-14/h2-5H,6H2,1H3,(H,10,15). The third kappa shape index (κ3) is 2.39. The number of nitrogens with zero attached hydrogens (tertiary/aromatic N) is 5. The molecule has 0 unspecified atom stereocenters. The summed E-state index contributed by atoms with van der Waals surface area (Å²) < 4.78 is 3.05. The van der Waals surface area contributed by atoms with E-state index >= 15 is 0 Å². The molecule has 15 heavy (non-hydrogen) atoms. The summed E-state index contributed by atoms with van der Waals surface area (Å²) in [5, 5.41) is 14.0. The van der Waals surface area contributed by atoms with Crippen molar-refractivity contribution in [2.24, 2.45) is 7.05 Å². The maximum atomic E-state index is 11.4. The lowest BCUT2D eigenvalue weighted by molar-refractivity contribution is -0.116. The zero-order valence-electron chi connectivity index (χ0n) is 8.16.